The first-order valence-corrected chi connectivity index (χ1v) is 13.3. The summed E-state index contributed by atoms with van der Waals surface area (Å²) in [6, 6.07) is 3.11. The van der Waals surface area contributed by atoms with Crippen molar-refractivity contribution in [3.05, 3.63) is 0 Å². The lowest BCUT2D eigenvalue weighted by molar-refractivity contribution is 0.690. The van der Waals surface area contributed by atoms with Gasteiger partial charge in [-0.15, -0.1) is 0 Å². The van der Waals surface area contributed by atoms with Gasteiger partial charge in [0, 0.05) is 0 Å². The third-order valence-corrected chi connectivity index (χ3v) is 12.7. The summed E-state index contributed by atoms with van der Waals surface area (Å²) in [5, 5.41) is 0. The van der Waals surface area contributed by atoms with Crippen LogP contribution in [0.25, 0.3) is 0 Å². The molecule has 0 amide bonds. The van der Waals surface area contributed by atoms with Crippen molar-refractivity contribution in [3.8, 4) is 0 Å². The largest absolute Gasteiger partial charge is 0.351 e. The number of rotatable bonds is 10. The van der Waals surface area contributed by atoms with Crippen LogP contribution in [0.3, 0.4) is 0 Å². The Morgan fingerprint density at radius 3 is 1.53 bits per heavy atom. The molecule has 0 aliphatic heterocycles. The second-order valence-electron chi connectivity index (χ2n) is 6.43. The SMILES string of the molecule is CCCCC[SiH](CCCCC)N(C)[Si](C)(C)C. The van der Waals surface area contributed by atoms with E-state index < -0.39 is 17.2 Å². The summed E-state index contributed by atoms with van der Waals surface area (Å²) in [6.45, 7) is 12.2. The maximum Gasteiger partial charge on any atom is 0.111 e. The minimum Gasteiger partial charge on any atom is -0.351 e. The number of hydrogen-bond acceptors (Lipinski definition) is 1. The van der Waals surface area contributed by atoms with Gasteiger partial charge in [-0.25, -0.2) is 0 Å². The average Bonchev–Trinajstić information content (AvgIpc) is 2.25. The Morgan fingerprint density at radius 1 is 0.824 bits per heavy atom. The fourth-order valence-electron chi connectivity index (χ4n) is 2.34. The molecule has 17 heavy (non-hydrogen) atoms. The molecule has 0 aromatic heterocycles. The highest BCUT2D eigenvalue weighted by molar-refractivity contribution is 6.83. The molecule has 0 spiro atoms. The Bertz CT molecular complexity index is 168. The van der Waals surface area contributed by atoms with Gasteiger partial charge in [0.25, 0.3) is 0 Å². The lowest BCUT2D eigenvalue weighted by atomic mass is 10.3. The Balaban J connectivity index is 4.18. The van der Waals surface area contributed by atoms with Gasteiger partial charge in [-0.3, -0.25) is 0 Å². The van der Waals surface area contributed by atoms with Crippen LogP contribution in [0.5, 0.6) is 0 Å². The highest BCUT2D eigenvalue weighted by Crippen LogP contribution is 2.19. The summed E-state index contributed by atoms with van der Waals surface area (Å²) in [5.74, 6) is 0. The zero-order valence-corrected chi connectivity index (χ0v) is 15.3. The third kappa shape index (κ3) is 8.17. The van der Waals surface area contributed by atoms with Crippen LogP contribution in [0.1, 0.15) is 52.4 Å². The van der Waals surface area contributed by atoms with Gasteiger partial charge in [0.15, 0.2) is 0 Å². The second kappa shape index (κ2) is 9.34. The van der Waals surface area contributed by atoms with E-state index in [-0.39, 0.29) is 0 Å². The van der Waals surface area contributed by atoms with Gasteiger partial charge >= 0.3 is 0 Å². The van der Waals surface area contributed by atoms with Crippen molar-refractivity contribution in [1.29, 1.82) is 0 Å². The summed E-state index contributed by atoms with van der Waals surface area (Å²) in [5.41, 5.74) is 0. The molecule has 0 rings (SSSR count). The van der Waals surface area contributed by atoms with E-state index in [4.69, 9.17) is 0 Å². The normalized spacial score (nSPS) is 12.7. The van der Waals surface area contributed by atoms with Crippen molar-refractivity contribution >= 4 is 17.2 Å². The van der Waals surface area contributed by atoms with Crippen LogP contribution in [0.2, 0.25) is 31.7 Å². The molecule has 0 aliphatic rings. The summed E-state index contributed by atoms with van der Waals surface area (Å²) in [7, 11) is 0.761. The van der Waals surface area contributed by atoms with Crippen LogP contribution in [0.15, 0.2) is 0 Å². The van der Waals surface area contributed by atoms with Gasteiger partial charge in [-0.05, 0) is 19.1 Å². The smallest absolute Gasteiger partial charge is 0.111 e. The van der Waals surface area contributed by atoms with Crippen molar-refractivity contribution < 1.29 is 0 Å². The van der Waals surface area contributed by atoms with Crippen molar-refractivity contribution in [2.24, 2.45) is 0 Å². The van der Waals surface area contributed by atoms with Crippen LogP contribution in [-0.4, -0.2) is 28.5 Å². The average molecular weight is 274 g/mol. The number of hydrogen-bond donors (Lipinski definition) is 0. The van der Waals surface area contributed by atoms with Crippen LogP contribution < -0.4 is 0 Å². The molecule has 0 aromatic carbocycles. The lowest BCUT2D eigenvalue weighted by Crippen LogP contribution is -2.51. The molecule has 0 atom stereocenters. The molecule has 0 fully saturated rings. The van der Waals surface area contributed by atoms with Gasteiger partial charge < -0.3 is 4.23 Å². The molecule has 0 radical (unpaired) electrons. The molecule has 104 valence electrons. The summed E-state index contributed by atoms with van der Waals surface area (Å²) in [6.07, 6.45) is 8.58. The van der Waals surface area contributed by atoms with Crippen molar-refractivity contribution in [1.82, 2.24) is 4.23 Å². The second-order valence-corrected chi connectivity index (χ2v) is 15.2. The van der Waals surface area contributed by atoms with Gasteiger partial charge in [0.1, 0.15) is 17.2 Å². The van der Waals surface area contributed by atoms with E-state index in [1.807, 2.05) is 0 Å². The van der Waals surface area contributed by atoms with Crippen LogP contribution in [0.4, 0.5) is 0 Å². The highest BCUT2D eigenvalue weighted by atomic mass is 28.4. The Morgan fingerprint density at radius 2 is 1.24 bits per heavy atom. The first-order chi connectivity index (χ1) is 7.93. The quantitative estimate of drug-likeness (QED) is 0.406. The fraction of sp³-hybridized carbons (Fsp3) is 1.00. The molecule has 0 aromatic rings. The van der Waals surface area contributed by atoms with E-state index in [1.54, 1.807) is 12.1 Å². The molecule has 0 aliphatic carbocycles. The van der Waals surface area contributed by atoms with Gasteiger partial charge in [0.05, 0.1) is 0 Å². The number of unbranched alkanes of at least 4 members (excludes halogenated alkanes) is 4. The van der Waals surface area contributed by atoms with Gasteiger partial charge in [-0.2, -0.15) is 0 Å². The van der Waals surface area contributed by atoms with E-state index in [2.05, 4.69) is 44.8 Å². The fourth-order valence-corrected chi connectivity index (χ4v) is 10.1. The standard InChI is InChI=1S/C14H35NSi2/c1-7-9-11-13-16(14-12-10-8-2)15(3)17(4,5)6/h16H,7-14H2,1-6H3. The minimum atomic E-state index is -1.05. The first-order valence-electron chi connectivity index (χ1n) is 7.66. The van der Waals surface area contributed by atoms with E-state index in [0.29, 0.717) is 0 Å². The van der Waals surface area contributed by atoms with E-state index in [0.717, 1.165) is 0 Å². The summed E-state index contributed by atoms with van der Waals surface area (Å²) < 4.78 is 2.87. The monoisotopic (exact) mass is 273 g/mol. The van der Waals surface area contributed by atoms with Crippen molar-refractivity contribution in [2.75, 3.05) is 7.05 Å². The Hall–Kier alpha value is 0.394. The van der Waals surface area contributed by atoms with E-state index in [1.165, 1.54) is 38.5 Å². The topological polar surface area (TPSA) is 3.24 Å². The predicted molar refractivity (Wildman–Crippen MR) is 86.9 cm³/mol. The molecular formula is C14H35NSi2. The van der Waals surface area contributed by atoms with Crippen LogP contribution in [0, 0.1) is 0 Å². The molecule has 0 saturated carbocycles. The van der Waals surface area contributed by atoms with Crippen LogP contribution >= 0.6 is 0 Å². The van der Waals surface area contributed by atoms with Crippen molar-refractivity contribution in [2.45, 2.75) is 84.1 Å². The van der Waals surface area contributed by atoms with Gasteiger partial charge in [-0.1, -0.05) is 72.0 Å². The Kier molecular flexibility index (Phi) is 9.56. The molecule has 3 heteroatoms. The van der Waals surface area contributed by atoms with Gasteiger partial charge in [0.2, 0.25) is 0 Å². The first kappa shape index (κ1) is 17.4. The highest BCUT2D eigenvalue weighted by Gasteiger charge is 2.27. The summed E-state index contributed by atoms with van der Waals surface area (Å²) in [4.78, 5) is 0. The molecular weight excluding hydrogens is 238 g/mol. The Labute approximate surface area is 113 Å². The van der Waals surface area contributed by atoms with E-state index >= 15 is 0 Å². The molecule has 0 bridgehead atoms. The third-order valence-electron chi connectivity index (χ3n) is 3.89. The zero-order chi connectivity index (χ0) is 13.3. The molecule has 1 nitrogen and oxygen atoms in total. The maximum absolute atomic E-state index is 2.87. The molecule has 0 unspecified atom stereocenters. The summed E-state index contributed by atoms with van der Waals surface area (Å²) >= 11 is 0. The molecule has 0 heterocycles. The minimum absolute atomic E-state index is 0.621. The predicted octanol–water partition coefficient (Wildman–Crippen LogP) is 4.86. The lowest BCUT2D eigenvalue weighted by Gasteiger charge is -2.37. The molecule has 0 N–H and O–H groups in total. The number of nitrogens with zero attached hydrogens (tertiary/aromatic N) is 1. The molecule has 0 saturated heterocycles. The van der Waals surface area contributed by atoms with Crippen molar-refractivity contribution in [3.63, 3.8) is 0 Å². The zero-order valence-electron chi connectivity index (χ0n) is 13.2. The van der Waals surface area contributed by atoms with E-state index in [9.17, 15) is 0 Å². The maximum atomic E-state index is 2.87. The van der Waals surface area contributed by atoms with Crippen LogP contribution in [-0.2, 0) is 0 Å².